The third-order valence-corrected chi connectivity index (χ3v) is 2.56. The Morgan fingerprint density at radius 1 is 1.47 bits per heavy atom. The van der Waals surface area contributed by atoms with Gasteiger partial charge in [0.15, 0.2) is 0 Å². The number of hydrogen-bond donors (Lipinski definition) is 0. The normalized spacial score (nSPS) is 9.80. The molecule has 0 amide bonds. The first-order valence-electron chi connectivity index (χ1n) is 4.63. The van der Waals surface area contributed by atoms with Crippen LogP contribution in [0.25, 0.3) is 0 Å². The molecule has 0 aliphatic carbocycles. The lowest BCUT2D eigenvalue weighted by Gasteiger charge is -2.08. The van der Waals surface area contributed by atoms with Crippen LogP contribution in [0.3, 0.4) is 0 Å². The Kier molecular flexibility index (Phi) is 4.62. The minimum atomic E-state index is -0.350. The second-order valence-corrected chi connectivity index (χ2v) is 3.45. The van der Waals surface area contributed by atoms with Crippen LogP contribution in [-0.2, 0) is 10.1 Å². The summed E-state index contributed by atoms with van der Waals surface area (Å²) in [5.74, 6) is 0.190. The molecule has 0 N–H and O–H groups in total. The molecule has 0 fully saturated rings. The maximum Gasteiger partial charge on any atom is 0.341 e. The molecule has 0 atom stereocenters. The van der Waals surface area contributed by atoms with Gasteiger partial charge in [0.05, 0.1) is 13.7 Å². The lowest BCUT2D eigenvalue weighted by Crippen LogP contribution is -2.07. The fourth-order valence-electron chi connectivity index (χ4n) is 1.21. The van der Waals surface area contributed by atoms with Gasteiger partial charge < -0.3 is 9.47 Å². The molecule has 0 radical (unpaired) electrons. The molecule has 4 heteroatoms. The van der Waals surface area contributed by atoms with Gasteiger partial charge in [-0.3, -0.25) is 0 Å². The first-order chi connectivity index (χ1) is 7.22. The van der Waals surface area contributed by atoms with Crippen molar-refractivity contribution in [2.75, 3.05) is 13.7 Å². The number of ether oxygens (including phenoxy) is 2. The minimum Gasteiger partial charge on any atom is -0.496 e. The minimum absolute atomic E-state index is 0.350. The maximum absolute atomic E-state index is 11.6. The van der Waals surface area contributed by atoms with Gasteiger partial charge in [-0.1, -0.05) is 22.0 Å². The number of esters is 1. The van der Waals surface area contributed by atoms with E-state index in [0.717, 1.165) is 5.56 Å². The van der Waals surface area contributed by atoms with E-state index in [-0.39, 0.29) is 5.97 Å². The Labute approximate surface area is 97.5 Å². The summed E-state index contributed by atoms with van der Waals surface area (Å²) >= 11 is 3.33. The first-order valence-corrected chi connectivity index (χ1v) is 5.75. The predicted octanol–water partition coefficient (Wildman–Crippen LogP) is 2.77. The molecule has 82 valence electrons. The SMILES string of the molecule is CCOC(=O)c1cc(CBr)ccc1OC. The Morgan fingerprint density at radius 2 is 2.20 bits per heavy atom. The molecule has 0 unspecified atom stereocenters. The predicted molar refractivity (Wildman–Crippen MR) is 61.6 cm³/mol. The van der Waals surface area contributed by atoms with E-state index in [2.05, 4.69) is 15.9 Å². The summed E-state index contributed by atoms with van der Waals surface area (Å²) in [6, 6.07) is 5.44. The lowest BCUT2D eigenvalue weighted by atomic mass is 10.1. The molecule has 0 aliphatic heterocycles. The molecular weight excluding hydrogens is 260 g/mol. The molecule has 0 bridgehead atoms. The number of hydrogen-bond acceptors (Lipinski definition) is 3. The third kappa shape index (κ3) is 2.96. The quantitative estimate of drug-likeness (QED) is 0.625. The van der Waals surface area contributed by atoms with Crippen molar-refractivity contribution in [2.24, 2.45) is 0 Å². The third-order valence-electron chi connectivity index (χ3n) is 1.91. The number of halogens is 1. The molecule has 1 aromatic carbocycles. The van der Waals surface area contributed by atoms with Crippen molar-refractivity contribution in [1.29, 1.82) is 0 Å². The smallest absolute Gasteiger partial charge is 0.341 e. The summed E-state index contributed by atoms with van der Waals surface area (Å²) in [6.07, 6.45) is 0. The Hall–Kier alpha value is -1.03. The van der Waals surface area contributed by atoms with Gasteiger partial charge in [0.2, 0.25) is 0 Å². The monoisotopic (exact) mass is 272 g/mol. The van der Waals surface area contributed by atoms with E-state index in [0.29, 0.717) is 23.2 Å². The second kappa shape index (κ2) is 5.75. The van der Waals surface area contributed by atoms with Gasteiger partial charge in [0.25, 0.3) is 0 Å². The molecule has 0 heterocycles. The van der Waals surface area contributed by atoms with Crippen LogP contribution in [0.4, 0.5) is 0 Å². The molecule has 0 spiro atoms. The van der Waals surface area contributed by atoms with Crippen molar-refractivity contribution in [3.8, 4) is 5.75 Å². The van der Waals surface area contributed by atoms with Crippen molar-refractivity contribution in [1.82, 2.24) is 0 Å². The van der Waals surface area contributed by atoms with E-state index in [9.17, 15) is 4.79 Å². The number of benzene rings is 1. The standard InChI is InChI=1S/C11H13BrO3/c1-3-15-11(13)9-6-8(7-12)4-5-10(9)14-2/h4-6H,3,7H2,1-2H3. The van der Waals surface area contributed by atoms with Gasteiger partial charge in [-0.25, -0.2) is 4.79 Å². The van der Waals surface area contributed by atoms with Crippen molar-refractivity contribution < 1.29 is 14.3 Å². The van der Waals surface area contributed by atoms with Gasteiger partial charge in [-0.15, -0.1) is 0 Å². The number of alkyl halides is 1. The summed E-state index contributed by atoms with van der Waals surface area (Å²) < 4.78 is 10.0. The van der Waals surface area contributed by atoms with Crippen LogP contribution in [-0.4, -0.2) is 19.7 Å². The van der Waals surface area contributed by atoms with Crippen molar-refractivity contribution in [3.63, 3.8) is 0 Å². The number of carbonyl (C=O) groups excluding carboxylic acids is 1. The summed E-state index contributed by atoms with van der Waals surface area (Å²) in [6.45, 7) is 2.14. The molecule has 1 aromatic rings. The van der Waals surface area contributed by atoms with E-state index < -0.39 is 0 Å². The van der Waals surface area contributed by atoms with Crippen molar-refractivity contribution in [3.05, 3.63) is 29.3 Å². The fourth-order valence-corrected chi connectivity index (χ4v) is 1.56. The van der Waals surface area contributed by atoms with E-state index in [1.807, 2.05) is 6.07 Å². The highest BCUT2D eigenvalue weighted by atomic mass is 79.9. The van der Waals surface area contributed by atoms with E-state index in [1.165, 1.54) is 7.11 Å². The number of methoxy groups -OCH3 is 1. The highest BCUT2D eigenvalue weighted by Crippen LogP contribution is 2.21. The van der Waals surface area contributed by atoms with Gasteiger partial charge in [0, 0.05) is 5.33 Å². The molecule has 0 aliphatic rings. The van der Waals surface area contributed by atoms with Crippen LogP contribution in [0, 0.1) is 0 Å². The van der Waals surface area contributed by atoms with Crippen LogP contribution < -0.4 is 4.74 Å². The largest absolute Gasteiger partial charge is 0.496 e. The first kappa shape index (κ1) is 12.0. The van der Waals surface area contributed by atoms with Gasteiger partial charge in [-0.05, 0) is 24.6 Å². The zero-order valence-electron chi connectivity index (χ0n) is 8.75. The zero-order valence-corrected chi connectivity index (χ0v) is 10.3. The Balaban J connectivity index is 3.05. The van der Waals surface area contributed by atoms with E-state index in [1.54, 1.807) is 19.1 Å². The van der Waals surface area contributed by atoms with Crippen LogP contribution in [0.2, 0.25) is 0 Å². The summed E-state index contributed by atoms with van der Waals surface area (Å²) in [5, 5.41) is 0.698. The van der Waals surface area contributed by atoms with Gasteiger partial charge in [-0.2, -0.15) is 0 Å². The highest BCUT2D eigenvalue weighted by Gasteiger charge is 2.13. The van der Waals surface area contributed by atoms with Crippen LogP contribution in [0.1, 0.15) is 22.8 Å². The van der Waals surface area contributed by atoms with Gasteiger partial charge in [0.1, 0.15) is 11.3 Å². The maximum atomic E-state index is 11.6. The Morgan fingerprint density at radius 3 is 2.73 bits per heavy atom. The topological polar surface area (TPSA) is 35.5 Å². The summed E-state index contributed by atoms with van der Waals surface area (Å²) in [4.78, 5) is 11.6. The summed E-state index contributed by atoms with van der Waals surface area (Å²) in [5.41, 5.74) is 1.48. The van der Waals surface area contributed by atoms with Crippen LogP contribution >= 0.6 is 15.9 Å². The molecular formula is C11H13BrO3. The van der Waals surface area contributed by atoms with E-state index in [4.69, 9.17) is 9.47 Å². The highest BCUT2D eigenvalue weighted by molar-refractivity contribution is 9.08. The molecule has 15 heavy (non-hydrogen) atoms. The average Bonchev–Trinajstić information content (AvgIpc) is 2.28. The van der Waals surface area contributed by atoms with E-state index >= 15 is 0 Å². The lowest BCUT2D eigenvalue weighted by molar-refractivity contribution is 0.0522. The molecule has 0 aromatic heterocycles. The summed E-state index contributed by atoms with van der Waals surface area (Å²) in [7, 11) is 1.53. The fraction of sp³-hybridized carbons (Fsp3) is 0.364. The van der Waals surface area contributed by atoms with Gasteiger partial charge >= 0.3 is 5.97 Å². The average molecular weight is 273 g/mol. The molecule has 1 rings (SSSR count). The second-order valence-electron chi connectivity index (χ2n) is 2.89. The Bertz CT molecular complexity index is 350. The van der Waals surface area contributed by atoms with Crippen molar-refractivity contribution in [2.45, 2.75) is 12.3 Å². The molecule has 3 nitrogen and oxygen atoms in total. The molecule has 0 saturated heterocycles. The van der Waals surface area contributed by atoms with Crippen LogP contribution in [0.15, 0.2) is 18.2 Å². The molecule has 0 saturated carbocycles. The van der Waals surface area contributed by atoms with Crippen LogP contribution in [0.5, 0.6) is 5.75 Å². The number of rotatable bonds is 4. The zero-order chi connectivity index (χ0) is 11.3. The van der Waals surface area contributed by atoms with Crippen molar-refractivity contribution >= 4 is 21.9 Å². The number of carbonyl (C=O) groups is 1.